The number of amides is 2. The van der Waals surface area contributed by atoms with E-state index in [2.05, 4.69) is 12.2 Å². The van der Waals surface area contributed by atoms with Gasteiger partial charge in [0.1, 0.15) is 13.2 Å². The Hall–Kier alpha value is -3.02. The van der Waals surface area contributed by atoms with Crippen LogP contribution in [0.5, 0.6) is 11.5 Å². The average molecular weight is 396 g/mol. The number of hydrogen-bond acceptors (Lipinski definition) is 4. The second kappa shape index (κ2) is 9.96. The summed E-state index contributed by atoms with van der Waals surface area (Å²) in [6.45, 7) is 5.45. The van der Waals surface area contributed by atoms with Crippen molar-refractivity contribution in [2.24, 2.45) is 0 Å². The molecule has 6 nitrogen and oxygen atoms in total. The third kappa shape index (κ3) is 5.28. The van der Waals surface area contributed by atoms with Crippen LogP contribution in [0.15, 0.2) is 48.5 Å². The molecule has 3 rings (SSSR count). The van der Waals surface area contributed by atoms with E-state index in [1.165, 1.54) is 0 Å². The number of hydrogen-bond donors (Lipinski definition) is 1. The molecule has 0 saturated heterocycles. The van der Waals surface area contributed by atoms with Crippen molar-refractivity contribution in [2.75, 3.05) is 31.6 Å². The number of fused-ring (bicyclic) bond motifs is 1. The van der Waals surface area contributed by atoms with Crippen molar-refractivity contribution >= 4 is 17.5 Å². The predicted molar refractivity (Wildman–Crippen MR) is 112 cm³/mol. The van der Waals surface area contributed by atoms with Gasteiger partial charge in [-0.25, -0.2) is 0 Å². The Labute approximate surface area is 171 Å². The van der Waals surface area contributed by atoms with E-state index in [0.29, 0.717) is 36.9 Å². The van der Waals surface area contributed by atoms with Crippen LogP contribution in [0.4, 0.5) is 5.69 Å². The van der Waals surface area contributed by atoms with Crippen molar-refractivity contribution in [3.8, 4) is 11.5 Å². The lowest BCUT2D eigenvalue weighted by Crippen LogP contribution is -2.40. The van der Waals surface area contributed by atoms with Crippen LogP contribution >= 0.6 is 0 Å². The Kier molecular flexibility index (Phi) is 7.11. The van der Waals surface area contributed by atoms with Gasteiger partial charge in [-0.2, -0.15) is 0 Å². The van der Waals surface area contributed by atoms with Crippen LogP contribution in [0.1, 0.15) is 38.2 Å². The molecule has 6 heteroatoms. The number of nitrogens with one attached hydrogen (secondary N) is 1. The Bertz CT molecular complexity index is 838. The van der Waals surface area contributed by atoms with E-state index in [-0.39, 0.29) is 24.3 Å². The zero-order valence-electron chi connectivity index (χ0n) is 17.0. The van der Waals surface area contributed by atoms with Crippen LogP contribution in [0.2, 0.25) is 0 Å². The van der Waals surface area contributed by atoms with Crippen molar-refractivity contribution in [3.63, 3.8) is 0 Å². The molecule has 0 bridgehead atoms. The maximum absolute atomic E-state index is 13.2. The highest BCUT2D eigenvalue weighted by molar-refractivity contribution is 5.95. The summed E-state index contributed by atoms with van der Waals surface area (Å²) in [5.74, 6) is 0.802. The molecule has 0 aromatic heterocycles. The minimum atomic E-state index is -0.236. The van der Waals surface area contributed by atoms with Gasteiger partial charge in [-0.05, 0) is 31.0 Å². The molecule has 29 heavy (non-hydrogen) atoms. The Morgan fingerprint density at radius 3 is 2.45 bits per heavy atom. The van der Waals surface area contributed by atoms with Gasteiger partial charge in [-0.1, -0.05) is 43.7 Å². The van der Waals surface area contributed by atoms with Crippen LogP contribution in [0.25, 0.3) is 0 Å². The number of benzene rings is 2. The Morgan fingerprint density at radius 2 is 1.76 bits per heavy atom. The number of carbonyl (C=O) groups excluding carboxylic acids is 2. The zero-order valence-corrected chi connectivity index (χ0v) is 17.0. The SMILES string of the molecule is CCCC(C(=O)N(CC)CC(=O)Nc1ccc2c(c1)OCCO2)c1ccccc1. The molecule has 2 amide bonds. The van der Waals surface area contributed by atoms with Crippen molar-refractivity contribution in [1.82, 2.24) is 4.90 Å². The normalized spacial score (nSPS) is 13.4. The van der Waals surface area contributed by atoms with Gasteiger partial charge in [0.2, 0.25) is 11.8 Å². The minimum absolute atomic E-state index is 0.0107. The minimum Gasteiger partial charge on any atom is -0.486 e. The standard InChI is InChI=1S/C23H28N2O4/c1-3-8-19(17-9-6-5-7-10-17)23(27)25(4-2)16-22(26)24-18-11-12-20-21(15-18)29-14-13-28-20/h5-7,9-12,15,19H,3-4,8,13-14,16H2,1-2H3,(H,24,26). The van der Waals surface area contributed by atoms with E-state index in [1.807, 2.05) is 37.3 Å². The first-order valence-electron chi connectivity index (χ1n) is 10.2. The number of carbonyl (C=O) groups is 2. The van der Waals surface area contributed by atoms with Crippen LogP contribution in [-0.4, -0.2) is 43.0 Å². The fourth-order valence-electron chi connectivity index (χ4n) is 3.47. The highest BCUT2D eigenvalue weighted by atomic mass is 16.6. The summed E-state index contributed by atoms with van der Waals surface area (Å²) in [4.78, 5) is 27.4. The maximum atomic E-state index is 13.2. The fourth-order valence-corrected chi connectivity index (χ4v) is 3.47. The summed E-state index contributed by atoms with van der Waals surface area (Å²) >= 11 is 0. The monoisotopic (exact) mass is 396 g/mol. The van der Waals surface area contributed by atoms with Crippen molar-refractivity contribution in [1.29, 1.82) is 0 Å². The Balaban J connectivity index is 1.66. The van der Waals surface area contributed by atoms with E-state index < -0.39 is 0 Å². The van der Waals surface area contributed by atoms with Gasteiger partial charge in [0, 0.05) is 18.3 Å². The van der Waals surface area contributed by atoms with Crippen molar-refractivity contribution < 1.29 is 19.1 Å². The second-order valence-electron chi connectivity index (χ2n) is 7.01. The molecule has 0 saturated carbocycles. The summed E-state index contributed by atoms with van der Waals surface area (Å²) in [5.41, 5.74) is 1.61. The number of ether oxygens (including phenoxy) is 2. The van der Waals surface area contributed by atoms with E-state index in [0.717, 1.165) is 18.4 Å². The molecule has 2 aromatic carbocycles. The third-order valence-corrected chi connectivity index (χ3v) is 4.93. The number of anilines is 1. The molecular weight excluding hydrogens is 368 g/mol. The Morgan fingerprint density at radius 1 is 1.03 bits per heavy atom. The van der Waals surface area contributed by atoms with Crippen LogP contribution in [0.3, 0.4) is 0 Å². The van der Waals surface area contributed by atoms with E-state index in [1.54, 1.807) is 23.1 Å². The highest BCUT2D eigenvalue weighted by Gasteiger charge is 2.26. The van der Waals surface area contributed by atoms with Gasteiger partial charge in [0.25, 0.3) is 0 Å². The molecule has 1 aliphatic rings. The molecule has 2 aromatic rings. The molecule has 1 heterocycles. The second-order valence-corrected chi connectivity index (χ2v) is 7.01. The molecule has 0 radical (unpaired) electrons. The molecule has 0 spiro atoms. The number of nitrogens with zero attached hydrogens (tertiary/aromatic N) is 1. The first kappa shape index (κ1) is 20.7. The zero-order chi connectivity index (χ0) is 20.6. The van der Waals surface area contributed by atoms with Gasteiger partial charge >= 0.3 is 0 Å². The molecule has 0 aliphatic carbocycles. The third-order valence-electron chi connectivity index (χ3n) is 4.93. The first-order chi connectivity index (χ1) is 14.1. The number of likely N-dealkylation sites (N-methyl/N-ethyl adjacent to an activating group) is 1. The van der Waals surface area contributed by atoms with E-state index >= 15 is 0 Å². The van der Waals surface area contributed by atoms with Gasteiger partial charge in [-0.15, -0.1) is 0 Å². The number of rotatable bonds is 8. The smallest absolute Gasteiger partial charge is 0.243 e. The molecule has 1 atom stereocenters. The van der Waals surface area contributed by atoms with E-state index in [9.17, 15) is 9.59 Å². The predicted octanol–water partition coefficient (Wildman–Crippen LogP) is 3.83. The fraction of sp³-hybridized carbons (Fsp3) is 0.391. The largest absolute Gasteiger partial charge is 0.486 e. The highest BCUT2D eigenvalue weighted by Crippen LogP contribution is 2.32. The summed E-state index contributed by atoms with van der Waals surface area (Å²) < 4.78 is 11.1. The van der Waals surface area contributed by atoms with Crippen molar-refractivity contribution in [2.45, 2.75) is 32.6 Å². The molecule has 0 fully saturated rings. The molecule has 1 N–H and O–H groups in total. The molecule has 1 aliphatic heterocycles. The molecule has 1 unspecified atom stereocenters. The van der Waals surface area contributed by atoms with Gasteiger partial charge in [-0.3, -0.25) is 9.59 Å². The summed E-state index contributed by atoms with van der Waals surface area (Å²) in [7, 11) is 0. The molecular formula is C23H28N2O4. The summed E-state index contributed by atoms with van der Waals surface area (Å²) in [6.07, 6.45) is 1.65. The van der Waals surface area contributed by atoms with Crippen molar-refractivity contribution in [3.05, 3.63) is 54.1 Å². The first-order valence-corrected chi connectivity index (χ1v) is 10.2. The lowest BCUT2D eigenvalue weighted by atomic mass is 9.93. The summed E-state index contributed by atoms with van der Waals surface area (Å²) in [6, 6.07) is 15.1. The van der Waals surface area contributed by atoms with Crippen LogP contribution < -0.4 is 14.8 Å². The van der Waals surface area contributed by atoms with Crippen LogP contribution in [-0.2, 0) is 9.59 Å². The van der Waals surface area contributed by atoms with Gasteiger partial charge < -0.3 is 19.7 Å². The lowest BCUT2D eigenvalue weighted by molar-refractivity contribution is -0.136. The quantitative estimate of drug-likeness (QED) is 0.736. The lowest BCUT2D eigenvalue weighted by Gasteiger charge is -2.26. The maximum Gasteiger partial charge on any atom is 0.243 e. The van der Waals surface area contributed by atoms with Gasteiger partial charge in [0.05, 0.1) is 12.5 Å². The molecule has 154 valence electrons. The van der Waals surface area contributed by atoms with Gasteiger partial charge in [0.15, 0.2) is 11.5 Å². The van der Waals surface area contributed by atoms with Crippen LogP contribution in [0, 0.1) is 0 Å². The van der Waals surface area contributed by atoms with E-state index in [4.69, 9.17) is 9.47 Å². The average Bonchev–Trinajstić information content (AvgIpc) is 2.76. The summed E-state index contributed by atoms with van der Waals surface area (Å²) in [5, 5.41) is 2.85. The topological polar surface area (TPSA) is 67.9 Å².